The topological polar surface area (TPSA) is 16.8 Å². The first-order valence-corrected chi connectivity index (χ1v) is 8.13. The van der Waals surface area contributed by atoms with E-state index in [4.69, 9.17) is 0 Å². The van der Waals surface area contributed by atoms with E-state index >= 15 is 0 Å². The second-order valence-electron chi connectivity index (χ2n) is 6.13. The van der Waals surface area contributed by atoms with Crippen molar-refractivity contribution in [3.63, 3.8) is 0 Å². The van der Waals surface area contributed by atoms with Gasteiger partial charge < -0.3 is 0 Å². The van der Waals surface area contributed by atoms with Crippen molar-refractivity contribution < 1.29 is 4.57 Å². The lowest BCUT2D eigenvalue weighted by atomic mass is 9.95. The van der Waals surface area contributed by atoms with Crippen LogP contribution in [0, 0.1) is 6.92 Å². The van der Waals surface area contributed by atoms with Gasteiger partial charge in [0.15, 0.2) is 6.20 Å². The van der Waals surface area contributed by atoms with Crippen LogP contribution in [0.4, 0.5) is 0 Å². The third-order valence-corrected chi connectivity index (χ3v) is 4.55. The molecule has 0 unspecified atom stereocenters. The quantitative estimate of drug-likeness (QED) is 0.490. The van der Waals surface area contributed by atoms with E-state index < -0.39 is 0 Å². The summed E-state index contributed by atoms with van der Waals surface area (Å²) in [4.78, 5) is 4.43. The van der Waals surface area contributed by atoms with E-state index in [1.54, 1.807) is 0 Å². The van der Waals surface area contributed by atoms with E-state index in [-0.39, 0.29) is 0 Å². The first-order valence-electron chi connectivity index (χ1n) is 8.13. The van der Waals surface area contributed by atoms with Crippen molar-refractivity contribution >= 4 is 10.8 Å². The zero-order valence-electron chi connectivity index (χ0n) is 13.9. The molecule has 0 aliphatic rings. The van der Waals surface area contributed by atoms with Gasteiger partial charge in [0, 0.05) is 41.0 Å². The molecule has 4 rings (SSSR count). The van der Waals surface area contributed by atoms with Gasteiger partial charge >= 0.3 is 0 Å². The maximum atomic E-state index is 4.43. The number of rotatable bonds is 2. The van der Waals surface area contributed by atoms with Crippen LogP contribution >= 0.6 is 0 Å². The molecular weight excluding hydrogens is 292 g/mol. The van der Waals surface area contributed by atoms with Crippen LogP contribution in [0.2, 0.25) is 0 Å². The van der Waals surface area contributed by atoms with Crippen LogP contribution in [-0.4, -0.2) is 4.98 Å². The maximum absolute atomic E-state index is 4.43. The first kappa shape index (κ1) is 14.6. The van der Waals surface area contributed by atoms with E-state index in [0.717, 1.165) is 0 Å². The minimum Gasteiger partial charge on any atom is -0.263 e. The van der Waals surface area contributed by atoms with E-state index in [2.05, 4.69) is 90.4 Å². The van der Waals surface area contributed by atoms with E-state index in [0.29, 0.717) is 0 Å². The van der Waals surface area contributed by atoms with Crippen LogP contribution < -0.4 is 4.57 Å². The highest BCUT2D eigenvalue weighted by Crippen LogP contribution is 2.31. The molecule has 2 aromatic carbocycles. The molecule has 2 heterocycles. The summed E-state index contributed by atoms with van der Waals surface area (Å²) in [6, 6.07) is 21.4. The lowest BCUT2D eigenvalue weighted by Gasteiger charge is -2.10. The van der Waals surface area contributed by atoms with Crippen molar-refractivity contribution in [3.05, 3.63) is 84.8 Å². The molecule has 0 N–H and O–H groups in total. The molecule has 0 aliphatic heterocycles. The van der Waals surface area contributed by atoms with Crippen molar-refractivity contribution in [2.45, 2.75) is 6.92 Å². The fourth-order valence-electron chi connectivity index (χ4n) is 3.22. The highest BCUT2D eigenvalue weighted by molar-refractivity contribution is 5.96. The molecule has 116 valence electrons. The highest BCUT2D eigenvalue weighted by atomic mass is 14.9. The van der Waals surface area contributed by atoms with Crippen LogP contribution in [0.15, 0.2) is 79.3 Å². The largest absolute Gasteiger partial charge is 0.263 e. The van der Waals surface area contributed by atoms with Gasteiger partial charge in [0.25, 0.3) is 0 Å². The molecule has 0 saturated heterocycles. The third-order valence-electron chi connectivity index (χ3n) is 4.55. The number of hydrogen-bond donors (Lipinski definition) is 0. The Balaban J connectivity index is 1.94. The summed E-state index contributed by atoms with van der Waals surface area (Å²) < 4.78 is 2.16. The summed E-state index contributed by atoms with van der Waals surface area (Å²) in [6.45, 7) is 2.16. The molecule has 0 amide bonds. The standard InChI is InChI=1S/C22H19N2/c1-16-10-11-17(13-20(16)22-9-5-6-12-24(22)2)21-15-23-14-18-7-3-4-8-19(18)21/h3-15H,1-2H3/q+1. The lowest BCUT2D eigenvalue weighted by Crippen LogP contribution is -2.30. The molecule has 0 fully saturated rings. The molecule has 0 atom stereocenters. The highest BCUT2D eigenvalue weighted by Gasteiger charge is 2.13. The Hall–Kier alpha value is -3.00. The van der Waals surface area contributed by atoms with Crippen molar-refractivity contribution in [3.8, 4) is 22.4 Å². The van der Waals surface area contributed by atoms with Gasteiger partial charge in [-0.25, -0.2) is 4.57 Å². The predicted molar refractivity (Wildman–Crippen MR) is 98.5 cm³/mol. The number of benzene rings is 2. The SMILES string of the molecule is Cc1ccc(-c2cncc3ccccc23)cc1-c1cccc[n+]1C. The minimum atomic E-state index is 1.17. The van der Waals surface area contributed by atoms with Gasteiger partial charge in [0.1, 0.15) is 7.05 Å². The number of pyridine rings is 2. The minimum absolute atomic E-state index is 1.17. The molecule has 0 bridgehead atoms. The number of nitrogens with zero attached hydrogens (tertiary/aromatic N) is 2. The van der Waals surface area contributed by atoms with Crippen molar-refractivity contribution in [1.82, 2.24) is 4.98 Å². The van der Waals surface area contributed by atoms with Gasteiger partial charge in [-0.15, -0.1) is 0 Å². The average Bonchev–Trinajstić information content (AvgIpc) is 2.62. The van der Waals surface area contributed by atoms with Crippen LogP contribution in [-0.2, 0) is 7.05 Å². The average molecular weight is 311 g/mol. The van der Waals surface area contributed by atoms with Gasteiger partial charge in [0.05, 0.1) is 0 Å². The summed E-state index contributed by atoms with van der Waals surface area (Å²) >= 11 is 0. The summed E-state index contributed by atoms with van der Waals surface area (Å²) in [5.74, 6) is 0. The van der Waals surface area contributed by atoms with Gasteiger partial charge in [-0.1, -0.05) is 36.4 Å². The van der Waals surface area contributed by atoms with Gasteiger partial charge in [-0.3, -0.25) is 4.98 Å². The van der Waals surface area contributed by atoms with Crippen molar-refractivity contribution in [2.24, 2.45) is 7.05 Å². The van der Waals surface area contributed by atoms with Gasteiger partial charge in [-0.2, -0.15) is 0 Å². The smallest absolute Gasteiger partial charge is 0.212 e. The number of aromatic nitrogens is 2. The molecule has 2 heteroatoms. The van der Waals surface area contributed by atoms with E-state index in [1.807, 2.05) is 12.4 Å². The van der Waals surface area contributed by atoms with Crippen LogP contribution in [0.5, 0.6) is 0 Å². The molecule has 0 aliphatic carbocycles. The summed E-state index contributed by atoms with van der Waals surface area (Å²) in [5.41, 5.74) is 6.11. The van der Waals surface area contributed by atoms with Crippen LogP contribution in [0.3, 0.4) is 0 Å². The van der Waals surface area contributed by atoms with Crippen LogP contribution in [0.1, 0.15) is 5.56 Å². The van der Waals surface area contributed by atoms with E-state index in [9.17, 15) is 0 Å². The Morgan fingerprint density at radius 2 is 1.67 bits per heavy atom. The second kappa shape index (κ2) is 5.89. The Kier molecular flexibility index (Phi) is 3.58. The Bertz CT molecular complexity index is 1030. The molecule has 0 saturated carbocycles. The number of aryl methyl sites for hydroxylation is 2. The molecule has 24 heavy (non-hydrogen) atoms. The monoisotopic (exact) mass is 311 g/mol. The molecule has 0 spiro atoms. The zero-order valence-corrected chi connectivity index (χ0v) is 13.9. The maximum Gasteiger partial charge on any atom is 0.212 e. The summed E-state index contributed by atoms with van der Waals surface area (Å²) in [6.07, 6.45) is 5.97. The fourth-order valence-corrected chi connectivity index (χ4v) is 3.22. The molecular formula is C22H19N2+. The first-order chi connectivity index (χ1) is 11.7. The zero-order chi connectivity index (χ0) is 16.5. The molecule has 2 nitrogen and oxygen atoms in total. The third kappa shape index (κ3) is 2.46. The molecule has 2 aromatic heterocycles. The molecule has 4 aromatic rings. The van der Waals surface area contributed by atoms with E-state index in [1.165, 1.54) is 38.7 Å². The van der Waals surface area contributed by atoms with Gasteiger partial charge in [0.2, 0.25) is 5.69 Å². The second-order valence-corrected chi connectivity index (χ2v) is 6.13. The molecule has 0 radical (unpaired) electrons. The van der Waals surface area contributed by atoms with Crippen molar-refractivity contribution in [2.75, 3.05) is 0 Å². The Morgan fingerprint density at radius 3 is 2.54 bits per heavy atom. The van der Waals surface area contributed by atoms with Crippen LogP contribution in [0.25, 0.3) is 33.2 Å². The Labute approximate surface area is 142 Å². The normalized spacial score (nSPS) is 10.9. The van der Waals surface area contributed by atoms with Crippen molar-refractivity contribution in [1.29, 1.82) is 0 Å². The lowest BCUT2D eigenvalue weighted by molar-refractivity contribution is -0.660. The van der Waals surface area contributed by atoms with Gasteiger partial charge in [-0.05, 0) is 35.6 Å². The summed E-state index contributed by atoms with van der Waals surface area (Å²) in [7, 11) is 2.08. The summed E-state index contributed by atoms with van der Waals surface area (Å²) in [5, 5.41) is 2.40. The number of fused-ring (bicyclic) bond motifs is 1. The predicted octanol–water partition coefficient (Wildman–Crippen LogP) is 4.70. The number of hydrogen-bond acceptors (Lipinski definition) is 1. The Morgan fingerprint density at radius 1 is 0.833 bits per heavy atom. The fraction of sp³-hybridized carbons (Fsp3) is 0.0909.